The van der Waals surface area contributed by atoms with E-state index < -0.39 is 18.3 Å². The van der Waals surface area contributed by atoms with E-state index in [9.17, 15) is 25.9 Å². The van der Waals surface area contributed by atoms with Crippen molar-refractivity contribution in [2.75, 3.05) is 0 Å². The van der Waals surface area contributed by atoms with E-state index in [4.69, 9.17) is 4.98 Å². The van der Waals surface area contributed by atoms with Crippen LogP contribution < -0.4 is 59.1 Å². The van der Waals surface area contributed by atoms with Crippen LogP contribution in [0.25, 0.3) is 11.0 Å². The van der Waals surface area contributed by atoms with Crippen molar-refractivity contribution in [3.8, 4) is 0 Å². The molecule has 8 nitrogen and oxygen atoms in total. The predicted molar refractivity (Wildman–Crippen MR) is 163 cm³/mol. The number of para-hydroxylation sites is 2. The number of aryl methyl sites for hydroxylation is 1. The summed E-state index contributed by atoms with van der Waals surface area (Å²) in [7, 11) is -11.3. The Morgan fingerprint density at radius 3 is 1.49 bits per heavy atom. The van der Waals surface area contributed by atoms with Crippen LogP contribution in [0.5, 0.6) is 0 Å². The SMILES string of the molecule is CCCCCCCCCCCCCCCCCc1nc2ccccc2n1Cc1ccccc1.O=S(=O)([O-])S(=O)(=O)[O-].[Na+].[Na+]. The molecule has 0 aliphatic carbocycles. The maximum atomic E-state index is 9.20. The van der Waals surface area contributed by atoms with Gasteiger partial charge in [-0.2, -0.15) is 0 Å². The minimum Gasteiger partial charge on any atom is -0.736 e. The van der Waals surface area contributed by atoms with E-state index in [2.05, 4.69) is 66.1 Å². The molecule has 0 aliphatic heterocycles. The second-order valence-electron chi connectivity index (χ2n) is 10.6. The van der Waals surface area contributed by atoms with Gasteiger partial charge in [-0.05, 0) is 24.1 Å². The molecule has 230 valence electrons. The minimum absolute atomic E-state index is 0. The molecule has 0 saturated carbocycles. The van der Waals surface area contributed by atoms with E-state index in [1.54, 1.807) is 0 Å². The number of hydrogen-bond acceptors (Lipinski definition) is 7. The van der Waals surface area contributed by atoms with Crippen LogP contribution in [0, 0.1) is 0 Å². The van der Waals surface area contributed by atoms with Crippen LogP contribution in [-0.2, 0) is 31.3 Å². The normalized spacial score (nSPS) is 11.3. The number of fused-ring (bicyclic) bond motifs is 1. The maximum absolute atomic E-state index is 9.20. The van der Waals surface area contributed by atoms with Crippen molar-refractivity contribution >= 4 is 29.3 Å². The second kappa shape index (κ2) is 24.0. The molecule has 43 heavy (non-hydrogen) atoms. The Morgan fingerprint density at radius 2 is 1.02 bits per heavy atom. The van der Waals surface area contributed by atoms with Crippen molar-refractivity contribution in [3.05, 3.63) is 66.0 Å². The molecule has 0 N–H and O–H groups in total. The fraction of sp³-hybridized carbons (Fsp3) is 0.581. The van der Waals surface area contributed by atoms with Crippen LogP contribution in [0.4, 0.5) is 0 Å². The molecule has 0 unspecified atom stereocenters. The smallest absolute Gasteiger partial charge is 0.736 e. The molecule has 0 atom stereocenters. The average Bonchev–Trinajstić information content (AvgIpc) is 3.27. The number of unbranched alkanes of at least 4 members (excludes halogenated alkanes) is 14. The molecule has 0 amide bonds. The van der Waals surface area contributed by atoms with Gasteiger partial charge in [-0.1, -0.05) is 139 Å². The molecule has 3 rings (SSSR count). The molecule has 0 fully saturated rings. The van der Waals surface area contributed by atoms with E-state index in [0.717, 1.165) is 18.5 Å². The molecule has 0 spiro atoms. The van der Waals surface area contributed by atoms with Gasteiger partial charge in [-0.15, -0.1) is 0 Å². The zero-order valence-corrected chi connectivity index (χ0v) is 32.0. The van der Waals surface area contributed by atoms with Crippen LogP contribution in [-0.4, -0.2) is 35.5 Å². The monoisotopic (exact) mass is 652 g/mol. The van der Waals surface area contributed by atoms with E-state index in [-0.39, 0.29) is 59.1 Å². The molecule has 3 aromatic rings. The van der Waals surface area contributed by atoms with E-state index >= 15 is 0 Å². The van der Waals surface area contributed by atoms with Crippen molar-refractivity contribution in [1.29, 1.82) is 0 Å². The summed E-state index contributed by atoms with van der Waals surface area (Å²) in [6.45, 7) is 3.21. The summed E-state index contributed by atoms with van der Waals surface area (Å²) in [5.41, 5.74) is 3.74. The van der Waals surface area contributed by atoms with E-state index in [1.165, 1.54) is 113 Å². The quantitative estimate of drug-likeness (QED) is 0.0830. The molecular weight excluding hydrogens is 606 g/mol. The van der Waals surface area contributed by atoms with Gasteiger partial charge in [0.25, 0.3) is 0 Å². The summed E-state index contributed by atoms with van der Waals surface area (Å²) in [6.07, 6.45) is 22.2. The Labute approximate surface area is 303 Å². The Morgan fingerprint density at radius 1 is 0.605 bits per heavy atom. The molecule has 1 heterocycles. The largest absolute Gasteiger partial charge is 1.00 e. The first-order valence-corrected chi connectivity index (χ1v) is 18.4. The molecule has 0 aliphatic rings. The first-order chi connectivity index (χ1) is 19.6. The Balaban J connectivity index is 0.00000155. The van der Waals surface area contributed by atoms with Crippen molar-refractivity contribution in [2.24, 2.45) is 0 Å². The second-order valence-corrected chi connectivity index (χ2v) is 14.7. The molecule has 0 saturated heterocycles. The van der Waals surface area contributed by atoms with Gasteiger partial charge in [0.1, 0.15) is 5.82 Å². The third kappa shape index (κ3) is 17.9. The van der Waals surface area contributed by atoms with Gasteiger partial charge in [-0.3, -0.25) is 0 Å². The van der Waals surface area contributed by atoms with Crippen molar-refractivity contribution in [2.45, 2.75) is 116 Å². The van der Waals surface area contributed by atoms with Gasteiger partial charge in [0.05, 0.1) is 11.0 Å². The summed E-state index contributed by atoms with van der Waals surface area (Å²) < 4.78 is 57.6. The third-order valence-corrected chi connectivity index (χ3v) is 9.17. The maximum Gasteiger partial charge on any atom is 1.00 e. The summed E-state index contributed by atoms with van der Waals surface area (Å²) >= 11 is 0. The summed E-state index contributed by atoms with van der Waals surface area (Å²) in [5, 5.41) is 0. The van der Waals surface area contributed by atoms with E-state index in [0.29, 0.717) is 0 Å². The number of nitrogens with zero attached hydrogens (tertiary/aromatic N) is 2. The number of imidazole rings is 1. The molecule has 1 aromatic heterocycles. The zero-order valence-electron chi connectivity index (χ0n) is 26.4. The number of aromatic nitrogens is 2. The van der Waals surface area contributed by atoms with Gasteiger partial charge >= 0.3 is 59.1 Å². The standard InChI is InChI=1S/C31H46N2.2Na.H2O6S2/c1-2-3-4-5-6-7-8-9-10-11-12-13-14-15-19-26-31-32-29-24-20-21-25-30(29)33(31)27-28-22-17-16-18-23-28;;;1-7(2,3)8(4,5)6/h16-18,20-25H,2-15,19,26-27H2,1H3;;;(H,1,2,3)(H,4,5,6)/q;2*+1;/p-2. The van der Waals surface area contributed by atoms with Crippen molar-refractivity contribution in [1.82, 2.24) is 9.55 Å². The number of benzene rings is 2. The Kier molecular flexibility index (Phi) is 23.8. The molecule has 0 bridgehead atoms. The first kappa shape index (κ1) is 42.7. The average molecular weight is 653 g/mol. The topological polar surface area (TPSA) is 132 Å². The van der Waals surface area contributed by atoms with Gasteiger partial charge in [0, 0.05) is 13.0 Å². The Bertz CT molecular complexity index is 1320. The van der Waals surface area contributed by atoms with Gasteiger partial charge < -0.3 is 13.7 Å². The van der Waals surface area contributed by atoms with Crippen LogP contribution >= 0.6 is 0 Å². The van der Waals surface area contributed by atoms with Gasteiger partial charge in [0.2, 0.25) is 0 Å². The van der Waals surface area contributed by atoms with Crippen molar-refractivity contribution < 1.29 is 85.1 Å². The van der Waals surface area contributed by atoms with E-state index in [1.807, 2.05) is 0 Å². The van der Waals surface area contributed by atoms with Gasteiger partial charge in [0.15, 0.2) is 18.3 Å². The fourth-order valence-corrected chi connectivity index (χ4v) is 4.91. The molecular formula is C31H46N2Na2O6S2. The summed E-state index contributed by atoms with van der Waals surface area (Å²) in [5.74, 6) is 1.25. The molecule has 0 radical (unpaired) electrons. The third-order valence-electron chi connectivity index (χ3n) is 7.17. The van der Waals surface area contributed by atoms with Crippen LogP contribution in [0.3, 0.4) is 0 Å². The van der Waals surface area contributed by atoms with Gasteiger partial charge in [-0.25, -0.2) is 21.8 Å². The van der Waals surface area contributed by atoms with Crippen LogP contribution in [0.2, 0.25) is 0 Å². The number of hydrogen-bond donors (Lipinski definition) is 0. The van der Waals surface area contributed by atoms with Crippen molar-refractivity contribution in [3.63, 3.8) is 0 Å². The first-order valence-electron chi connectivity index (χ1n) is 15.0. The molecule has 12 heteroatoms. The molecule has 2 aromatic carbocycles. The number of rotatable bonds is 19. The summed E-state index contributed by atoms with van der Waals surface area (Å²) in [4.78, 5) is 4.98. The van der Waals surface area contributed by atoms with Crippen LogP contribution in [0.1, 0.15) is 115 Å². The zero-order chi connectivity index (χ0) is 30.0. The Hall–Kier alpha value is -0.270. The fourth-order valence-electron chi connectivity index (χ4n) is 4.91. The predicted octanol–water partition coefficient (Wildman–Crippen LogP) is 1.50. The minimum atomic E-state index is -5.67. The summed E-state index contributed by atoms with van der Waals surface area (Å²) in [6, 6.07) is 19.4. The van der Waals surface area contributed by atoms with Crippen LogP contribution in [0.15, 0.2) is 54.6 Å².